The van der Waals surface area contributed by atoms with E-state index in [-0.39, 0.29) is 17.6 Å². The average molecular weight is 399 g/mol. The highest BCUT2D eigenvalue weighted by Gasteiger charge is 2.30. The first kappa shape index (κ1) is 19.5. The number of nitrogens with one attached hydrogen (secondary N) is 1. The Morgan fingerprint density at radius 1 is 1.04 bits per heavy atom. The van der Waals surface area contributed by atoms with Crippen LogP contribution in [0.2, 0.25) is 0 Å². The predicted molar refractivity (Wildman–Crippen MR) is 115 cm³/mol. The van der Waals surface area contributed by atoms with Crippen LogP contribution in [0.1, 0.15) is 25.7 Å². The molecule has 0 unspecified atom stereocenters. The maximum Gasteiger partial charge on any atom is 0.228 e. The Labute approximate surface area is 170 Å². The third-order valence-electron chi connectivity index (χ3n) is 5.84. The van der Waals surface area contributed by atoms with Crippen molar-refractivity contribution < 1.29 is 9.18 Å². The molecule has 2 fully saturated rings. The van der Waals surface area contributed by atoms with E-state index in [1.165, 1.54) is 36.5 Å². The van der Waals surface area contributed by atoms with Crippen molar-refractivity contribution in [2.45, 2.75) is 31.7 Å². The lowest BCUT2D eigenvalue weighted by molar-refractivity contribution is -0.121. The van der Waals surface area contributed by atoms with Gasteiger partial charge in [0.15, 0.2) is 0 Å². The number of thioether (sulfide) groups is 1. The highest BCUT2D eigenvalue weighted by molar-refractivity contribution is 7.99. The summed E-state index contributed by atoms with van der Waals surface area (Å²) in [7, 11) is 0. The molecule has 2 aromatic carbocycles. The SMILES string of the molecule is O=C(Nc1cccc(-c2ccc(F)cc2)c1)[C@@H]1CCCN(C2CCSCC2)C1. The third-order valence-corrected chi connectivity index (χ3v) is 6.89. The van der Waals surface area contributed by atoms with Crippen LogP contribution in [0.15, 0.2) is 48.5 Å². The number of hydrogen-bond donors (Lipinski definition) is 1. The maximum atomic E-state index is 13.2. The molecule has 1 amide bonds. The summed E-state index contributed by atoms with van der Waals surface area (Å²) in [6, 6.07) is 14.9. The molecule has 0 bridgehead atoms. The van der Waals surface area contributed by atoms with Crippen LogP contribution in [0.5, 0.6) is 0 Å². The first-order valence-electron chi connectivity index (χ1n) is 10.2. The number of carbonyl (C=O) groups excluding carboxylic acids is 1. The van der Waals surface area contributed by atoms with Crippen LogP contribution in [0.25, 0.3) is 11.1 Å². The van der Waals surface area contributed by atoms with Gasteiger partial charge in [-0.15, -0.1) is 0 Å². The van der Waals surface area contributed by atoms with Crippen LogP contribution < -0.4 is 5.32 Å². The summed E-state index contributed by atoms with van der Waals surface area (Å²) in [4.78, 5) is 15.4. The van der Waals surface area contributed by atoms with Gasteiger partial charge in [-0.25, -0.2) is 4.39 Å². The summed E-state index contributed by atoms with van der Waals surface area (Å²) >= 11 is 2.05. The van der Waals surface area contributed by atoms with Gasteiger partial charge in [0.25, 0.3) is 0 Å². The Morgan fingerprint density at radius 3 is 2.61 bits per heavy atom. The number of anilines is 1. The van der Waals surface area contributed by atoms with E-state index in [0.717, 1.165) is 42.7 Å². The van der Waals surface area contributed by atoms with Crippen molar-refractivity contribution in [1.29, 1.82) is 0 Å². The van der Waals surface area contributed by atoms with Crippen molar-refractivity contribution in [3.63, 3.8) is 0 Å². The van der Waals surface area contributed by atoms with E-state index in [1.807, 2.05) is 36.0 Å². The molecule has 1 N–H and O–H groups in total. The monoisotopic (exact) mass is 398 g/mol. The molecule has 148 valence electrons. The lowest BCUT2D eigenvalue weighted by Gasteiger charge is -2.39. The molecule has 28 heavy (non-hydrogen) atoms. The van der Waals surface area contributed by atoms with Crippen LogP contribution in [0.4, 0.5) is 10.1 Å². The van der Waals surface area contributed by atoms with Gasteiger partial charge in [-0.3, -0.25) is 9.69 Å². The Morgan fingerprint density at radius 2 is 1.82 bits per heavy atom. The fourth-order valence-electron chi connectivity index (χ4n) is 4.27. The van der Waals surface area contributed by atoms with E-state index in [4.69, 9.17) is 0 Å². The molecule has 0 radical (unpaired) electrons. The quantitative estimate of drug-likeness (QED) is 0.783. The van der Waals surface area contributed by atoms with E-state index < -0.39 is 0 Å². The lowest BCUT2D eigenvalue weighted by atomic mass is 9.94. The van der Waals surface area contributed by atoms with Gasteiger partial charge in [-0.05, 0) is 79.1 Å². The second-order valence-corrected chi connectivity index (χ2v) is 8.98. The minimum atomic E-state index is -0.244. The molecule has 5 heteroatoms. The van der Waals surface area contributed by atoms with Gasteiger partial charge in [0.2, 0.25) is 5.91 Å². The van der Waals surface area contributed by atoms with Crippen molar-refractivity contribution >= 4 is 23.4 Å². The van der Waals surface area contributed by atoms with Crippen molar-refractivity contribution in [1.82, 2.24) is 4.90 Å². The first-order valence-corrected chi connectivity index (χ1v) is 11.3. The zero-order chi connectivity index (χ0) is 19.3. The third kappa shape index (κ3) is 4.76. The first-order chi connectivity index (χ1) is 13.7. The van der Waals surface area contributed by atoms with Gasteiger partial charge in [0.05, 0.1) is 5.92 Å². The minimum absolute atomic E-state index is 0.0535. The molecule has 2 aromatic rings. The van der Waals surface area contributed by atoms with Gasteiger partial charge in [0, 0.05) is 18.3 Å². The molecule has 0 spiro atoms. The van der Waals surface area contributed by atoms with Crippen molar-refractivity contribution in [3.8, 4) is 11.1 Å². The number of benzene rings is 2. The topological polar surface area (TPSA) is 32.3 Å². The van der Waals surface area contributed by atoms with Crippen LogP contribution in [-0.4, -0.2) is 41.4 Å². The predicted octanol–water partition coefficient (Wildman–Crippen LogP) is 5.04. The molecular weight excluding hydrogens is 371 g/mol. The van der Waals surface area contributed by atoms with E-state index in [1.54, 1.807) is 12.1 Å². The Bertz CT molecular complexity index is 805. The van der Waals surface area contributed by atoms with Crippen LogP contribution in [0.3, 0.4) is 0 Å². The van der Waals surface area contributed by atoms with Crippen molar-refractivity contribution in [2.24, 2.45) is 5.92 Å². The molecule has 2 saturated heterocycles. The summed E-state index contributed by atoms with van der Waals surface area (Å²) in [5, 5.41) is 3.11. The standard InChI is InChI=1S/C23H27FN2OS/c24-20-8-6-17(7-9-20)18-3-1-5-21(15-18)25-23(27)19-4-2-12-26(16-19)22-10-13-28-14-11-22/h1,3,5-9,15,19,22H,2,4,10-14,16H2,(H,25,27)/t19-/m1/s1. The van der Waals surface area contributed by atoms with Crippen LogP contribution >= 0.6 is 11.8 Å². The number of piperidine rings is 1. The molecule has 2 aliphatic rings. The summed E-state index contributed by atoms with van der Waals surface area (Å²) in [5.74, 6) is 2.41. The molecular formula is C23H27FN2OS. The largest absolute Gasteiger partial charge is 0.326 e. The number of carbonyl (C=O) groups is 1. The minimum Gasteiger partial charge on any atom is -0.326 e. The van der Waals surface area contributed by atoms with Gasteiger partial charge in [-0.2, -0.15) is 11.8 Å². The summed E-state index contributed by atoms with van der Waals surface area (Å²) in [6.07, 6.45) is 4.55. The second-order valence-electron chi connectivity index (χ2n) is 7.75. The fourth-order valence-corrected chi connectivity index (χ4v) is 5.35. The van der Waals surface area contributed by atoms with Gasteiger partial charge in [0.1, 0.15) is 5.82 Å². The maximum absolute atomic E-state index is 13.2. The normalized spacial score (nSPS) is 21.4. The molecule has 1 atom stereocenters. The Kier molecular flexibility index (Phi) is 6.33. The van der Waals surface area contributed by atoms with E-state index in [0.29, 0.717) is 6.04 Å². The Balaban J connectivity index is 1.40. The number of halogens is 1. The highest BCUT2D eigenvalue weighted by Crippen LogP contribution is 2.28. The number of likely N-dealkylation sites (tertiary alicyclic amines) is 1. The number of hydrogen-bond acceptors (Lipinski definition) is 3. The van der Waals surface area contributed by atoms with E-state index in [2.05, 4.69) is 10.2 Å². The molecule has 2 heterocycles. The van der Waals surface area contributed by atoms with E-state index in [9.17, 15) is 9.18 Å². The van der Waals surface area contributed by atoms with Crippen LogP contribution in [0, 0.1) is 11.7 Å². The number of rotatable bonds is 4. The zero-order valence-corrected chi connectivity index (χ0v) is 16.9. The molecule has 0 saturated carbocycles. The van der Waals surface area contributed by atoms with E-state index >= 15 is 0 Å². The smallest absolute Gasteiger partial charge is 0.228 e. The highest BCUT2D eigenvalue weighted by atomic mass is 32.2. The summed E-state index contributed by atoms with van der Waals surface area (Å²) in [6.45, 7) is 2.00. The number of amides is 1. The van der Waals surface area contributed by atoms with Crippen molar-refractivity contribution in [2.75, 3.05) is 29.9 Å². The van der Waals surface area contributed by atoms with Gasteiger partial charge in [-0.1, -0.05) is 24.3 Å². The summed E-state index contributed by atoms with van der Waals surface area (Å²) in [5.41, 5.74) is 2.72. The van der Waals surface area contributed by atoms with Gasteiger partial charge < -0.3 is 5.32 Å². The Hall–Kier alpha value is -1.85. The molecule has 0 aliphatic carbocycles. The molecule has 4 rings (SSSR count). The average Bonchev–Trinajstić information content (AvgIpc) is 2.75. The van der Waals surface area contributed by atoms with Crippen LogP contribution in [-0.2, 0) is 4.79 Å². The molecule has 0 aromatic heterocycles. The second kappa shape index (κ2) is 9.10. The molecule has 2 aliphatic heterocycles. The van der Waals surface area contributed by atoms with Gasteiger partial charge >= 0.3 is 0 Å². The summed E-state index contributed by atoms with van der Waals surface area (Å²) < 4.78 is 13.2. The zero-order valence-electron chi connectivity index (χ0n) is 16.1. The lowest BCUT2D eigenvalue weighted by Crippen LogP contribution is -2.47. The van der Waals surface area contributed by atoms with Crippen molar-refractivity contribution in [3.05, 3.63) is 54.3 Å². The molecule has 3 nitrogen and oxygen atoms in total. The number of nitrogens with zero attached hydrogens (tertiary/aromatic N) is 1. The fraction of sp³-hybridized carbons (Fsp3) is 0.435.